The molecule has 3 rings (SSSR count). The normalized spacial score (nSPS) is 27.5. The Morgan fingerprint density at radius 1 is 1.45 bits per heavy atom. The van der Waals surface area contributed by atoms with Crippen LogP contribution in [0.1, 0.15) is 33.4 Å². The maximum absolute atomic E-state index is 15.8. The Bertz CT molecular complexity index is 881. The molecule has 0 radical (unpaired) electrons. The topological polar surface area (TPSA) is 144 Å². The summed E-state index contributed by atoms with van der Waals surface area (Å²) in [5, 5.41) is 9.63. The Kier molecular flexibility index (Phi) is 6.59. The van der Waals surface area contributed by atoms with Crippen LogP contribution in [-0.2, 0) is 18.3 Å². The van der Waals surface area contributed by atoms with E-state index in [2.05, 4.69) is 15.0 Å². The van der Waals surface area contributed by atoms with Crippen molar-refractivity contribution in [3.63, 3.8) is 0 Å². The van der Waals surface area contributed by atoms with Crippen molar-refractivity contribution in [2.45, 2.75) is 51.3 Å². The SMILES string of the molecule is CCCOc1nc(N)nc2c1ncn2[C@@H]1O[C@H](CO)[C@@H](O[P+](=O)OCC)[C@@]1(C)F. The number of imidazole rings is 1. The Morgan fingerprint density at radius 2 is 2.21 bits per heavy atom. The lowest BCUT2D eigenvalue weighted by Crippen LogP contribution is -2.41. The number of rotatable bonds is 9. The molecule has 0 bridgehead atoms. The van der Waals surface area contributed by atoms with Crippen LogP contribution in [0, 0.1) is 0 Å². The van der Waals surface area contributed by atoms with Crippen LogP contribution < -0.4 is 10.5 Å². The van der Waals surface area contributed by atoms with Crippen LogP contribution >= 0.6 is 8.25 Å². The van der Waals surface area contributed by atoms with Crippen molar-refractivity contribution >= 4 is 25.4 Å². The van der Waals surface area contributed by atoms with Crippen LogP contribution in [0.3, 0.4) is 0 Å². The summed E-state index contributed by atoms with van der Waals surface area (Å²) in [6, 6.07) is 0. The van der Waals surface area contributed by atoms with Gasteiger partial charge in [0.05, 0.1) is 19.5 Å². The third-order valence-corrected chi connectivity index (χ3v) is 5.27. The van der Waals surface area contributed by atoms with E-state index in [-0.39, 0.29) is 29.6 Å². The molecule has 29 heavy (non-hydrogen) atoms. The zero-order valence-electron chi connectivity index (χ0n) is 16.3. The summed E-state index contributed by atoms with van der Waals surface area (Å²) in [6.07, 6.45) is -1.65. The van der Waals surface area contributed by atoms with Crippen molar-refractivity contribution in [3.05, 3.63) is 6.33 Å². The Hall–Kier alpha value is -1.98. The molecule has 2 aromatic rings. The highest BCUT2D eigenvalue weighted by Crippen LogP contribution is 2.47. The molecule has 1 aliphatic rings. The van der Waals surface area contributed by atoms with E-state index in [4.69, 9.17) is 24.3 Å². The zero-order chi connectivity index (χ0) is 21.2. The van der Waals surface area contributed by atoms with E-state index in [0.717, 1.165) is 6.42 Å². The maximum Gasteiger partial charge on any atom is 0.697 e. The highest BCUT2D eigenvalue weighted by Gasteiger charge is 2.60. The molecule has 1 aliphatic heterocycles. The molecule has 0 aliphatic carbocycles. The predicted octanol–water partition coefficient (Wildman–Crippen LogP) is 1.89. The number of aliphatic hydroxyl groups is 1. The number of alkyl halides is 1. The van der Waals surface area contributed by atoms with Crippen molar-refractivity contribution in [2.24, 2.45) is 0 Å². The van der Waals surface area contributed by atoms with Crippen LogP contribution in [0.4, 0.5) is 10.3 Å². The Labute approximate surface area is 167 Å². The van der Waals surface area contributed by atoms with Crippen molar-refractivity contribution in [1.29, 1.82) is 0 Å². The van der Waals surface area contributed by atoms with Gasteiger partial charge in [0.25, 0.3) is 0 Å². The fourth-order valence-corrected chi connectivity index (χ4v) is 3.93. The fourth-order valence-electron chi connectivity index (χ4n) is 3.13. The number of ether oxygens (including phenoxy) is 2. The molecule has 5 atom stereocenters. The van der Waals surface area contributed by atoms with Crippen molar-refractivity contribution in [1.82, 2.24) is 19.5 Å². The van der Waals surface area contributed by atoms with E-state index in [0.29, 0.717) is 6.61 Å². The van der Waals surface area contributed by atoms with Gasteiger partial charge in [-0.05, 0) is 20.3 Å². The molecule has 160 valence electrons. The molecule has 13 heteroatoms. The van der Waals surface area contributed by atoms with Crippen molar-refractivity contribution < 1.29 is 32.6 Å². The van der Waals surface area contributed by atoms with Crippen LogP contribution in [-0.4, -0.2) is 62.3 Å². The van der Waals surface area contributed by atoms with Crippen LogP contribution in [0.5, 0.6) is 5.88 Å². The molecule has 0 saturated carbocycles. The number of aromatic nitrogens is 4. The first kappa shape index (κ1) is 21.7. The molecule has 2 aromatic heterocycles. The van der Waals surface area contributed by atoms with Crippen LogP contribution in [0.25, 0.3) is 11.2 Å². The lowest BCUT2D eigenvalue weighted by atomic mass is 9.98. The molecule has 0 spiro atoms. The highest BCUT2D eigenvalue weighted by atomic mass is 31.1. The minimum absolute atomic E-state index is 0.0742. The summed E-state index contributed by atoms with van der Waals surface area (Å²) < 4.78 is 50.3. The number of anilines is 1. The first-order chi connectivity index (χ1) is 13.8. The third-order valence-electron chi connectivity index (χ3n) is 4.40. The molecule has 3 N–H and O–H groups in total. The van der Waals surface area contributed by atoms with Gasteiger partial charge < -0.3 is 20.3 Å². The van der Waals surface area contributed by atoms with E-state index in [1.54, 1.807) is 6.92 Å². The number of hydrogen-bond donors (Lipinski definition) is 2. The number of hydrogen-bond acceptors (Lipinski definition) is 10. The summed E-state index contributed by atoms with van der Waals surface area (Å²) in [4.78, 5) is 12.4. The summed E-state index contributed by atoms with van der Waals surface area (Å²) in [5.41, 5.74) is 4.06. The largest absolute Gasteiger partial charge is 0.697 e. The number of fused-ring (bicyclic) bond motifs is 1. The number of aliphatic hydroxyl groups excluding tert-OH is 1. The molecule has 0 amide bonds. The van der Waals surface area contributed by atoms with E-state index in [9.17, 15) is 9.67 Å². The summed E-state index contributed by atoms with van der Waals surface area (Å²) in [5.74, 6) is 0.104. The molecule has 0 aromatic carbocycles. The van der Waals surface area contributed by atoms with Gasteiger partial charge in [-0.25, -0.2) is 9.37 Å². The fraction of sp³-hybridized carbons (Fsp3) is 0.688. The smallest absolute Gasteiger partial charge is 0.476 e. The van der Waals surface area contributed by atoms with Gasteiger partial charge in [-0.1, -0.05) is 6.92 Å². The number of halogens is 1. The van der Waals surface area contributed by atoms with E-state index in [1.165, 1.54) is 17.8 Å². The van der Waals surface area contributed by atoms with Gasteiger partial charge in [-0.2, -0.15) is 9.97 Å². The standard InChI is InChI=1S/C16H24FN5O6P/c1-4-6-25-13-10-12(20-15(18)21-13)22(8-19-10)14-16(3,17)11(9(7-23)27-14)28-29(24)26-5-2/h8-9,11,14,23H,4-7H2,1-3H3,(H2,18,20,21)/q+1/t9-,11-,14-,16-/m1/s1. The molecule has 1 saturated heterocycles. The lowest BCUT2D eigenvalue weighted by molar-refractivity contribution is -0.0566. The van der Waals surface area contributed by atoms with Gasteiger partial charge in [-0.3, -0.25) is 4.57 Å². The zero-order valence-corrected chi connectivity index (χ0v) is 17.2. The molecule has 1 unspecified atom stereocenters. The Morgan fingerprint density at radius 3 is 2.86 bits per heavy atom. The summed E-state index contributed by atoms with van der Waals surface area (Å²) in [6.45, 7) is 4.75. The van der Waals surface area contributed by atoms with Crippen molar-refractivity contribution in [3.8, 4) is 5.88 Å². The molecular formula is C16H24FN5O6P+. The molecule has 11 nitrogen and oxygen atoms in total. The van der Waals surface area contributed by atoms with E-state index < -0.39 is 39.0 Å². The first-order valence-electron chi connectivity index (χ1n) is 9.18. The van der Waals surface area contributed by atoms with Gasteiger partial charge >= 0.3 is 8.25 Å². The van der Waals surface area contributed by atoms with Gasteiger partial charge in [0.2, 0.25) is 11.8 Å². The monoisotopic (exact) mass is 432 g/mol. The summed E-state index contributed by atoms with van der Waals surface area (Å²) >= 11 is 0. The Balaban J connectivity index is 1.98. The molecular weight excluding hydrogens is 408 g/mol. The predicted molar refractivity (Wildman–Crippen MR) is 100 cm³/mol. The van der Waals surface area contributed by atoms with Gasteiger partial charge in [-0.15, -0.1) is 9.05 Å². The second-order valence-electron chi connectivity index (χ2n) is 6.59. The maximum atomic E-state index is 15.8. The highest BCUT2D eigenvalue weighted by molar-refractivity contribution is 7.33. The molecule has 1 fully saturated rings. The van der Waals surface area contributed by atoms with E-state index in [1.807, 2.05) is 6.92 Å². The molecule has 3 heterocycles. The van der Waals surface area contributed by atoms with Gasteiger partial charge in [0.1, 0.15) is 12.7 Å². The van der Waals surface area contributed by atoms with Gasteiger partial charge in [0, 0.05) is 4.57 Å². The average Bonchev–Trinajstić information content (AvgIpc) is 3.18. The van der Waals surface area contributed by atoms with Gasteiger partial charge in [0.15, 0.2) is 29.2 Å². The van der Waals surface area contributed by atoms with Crippen LogP contribution in [0.15, 0.2) is 6.33 Å². The minimum atomic E-state index is -2.58. The van der Waals surface area contributed by atoms with E-state index >= 15 is 4.39 Å². The second kappa shape index (κ2) is 8.80. The minimum Gasteiger partial charge on any atom is -0.476 e. The quantitative estimate of drug-likeness (QED) is 0.564. The number of nitrogens with two attached hydrogens (primary N) is 1. The first-order valence-corrected chi connectivity index (χ1v) is 10.3. The third kappa shape index (κ3) is 4.17. The van der Waals surface area contributed by atoms with Crippen molar-refractivity contribution in [2.75, 3.05) is 25.6 Å². The second-order valence-corrected chi connectivity index (χ2v) is 7.50. The average molecular weight is 432 g/mol. The number of nitrogen functional groups attached to an aromatic ring is 1. The lowest BCUT2D eigenvalue weighted by Gasteiger charge is -2.24. The summed E-state index contributed by atoms with van der Waals surface area (Å²) in [7, 11) is -2.58. The van der Waals surface area contributed by atoms with Crippen LogP contribution in [0.2, 0.25) is 0 Å². The number of nitrogens with zero attached hydrogens (tertiary/aromatic N) is 4.